The Morgan fingerprint density at radius 2 is 2.00 bits per heavy atom. The molecule has 9 heteroatoms. The smallest absolute Gasteiger partial charge is 0.362 e. The van der Waals surface area contributed by atoms with Crippen molar-refractivity contribution in [1.29, 1.82) is 0 Å². The number of pyridine rings is 1. The van der Waals surface area contributed by atoms with Crippen molar-refractivity contribution < 1.29 is 13.2 Å². The fourth-order valence-electron chi connectivity index (χ4n) is 1.98. The van der Waals surface area contributed by atoms with Crippen LogP contribution in [0, 0.1) is 0 Å². The molecule has 22 heavy (non-hydrogen) atoms. The molecule has 0 radical (unpaired) electrons. The molecule has 0 amide bonds. The van der Waals surface area contributed by atoms with E-state index in [4.69, 9.17) is 0 Å². The normalized spacial score (nSPS) is 13.3. The highest BCUT2D eigenvalue weighted by atomic mass is 19.4. The molecule has 1 N–H and O–H groups in total. The lowest BCUT2D eigenvalue weighted by molar-refractivity contribution is -0.146. The lowest BCUT2D eigenvalue weighted by Crippen LogP contribution is -2.14. The van der Waals surface area contributed by atoms with Crippen molar-refractivity contribution in [3.63, 3.8) is 0 Å². The Morgan fingerprint density at radius 3 is 2.68 bits per heavy atom. The van der Waals surface area contributed by atoms with Crippen LogP contribution >= 0.6 is 0 Å². The number of aromatic nitrogens is 5. The molecular weight excluding hydrogens is 297 g/mol. The van der Waals surface area contributed by atoms with Crippen molar-refractivity contribution >= 4 is 11.5 Å². The maximum Gasteiger partial charge on any atom is 0.453 e. The van der Waals surface area contributed by atoms with Gasteiger partial charge in [-0.15, -0.1) is 15.3 Å². The van der Waals surface area contributed by atoms with Gasteiger partial charge in [-0.1, -0.05) is 6.07 Å². The number of halogens is 3. The number of fused-ring (bicyclic) bond motifs is 1. The quantitative estimate of drug-likeness (QED) is 0.806. The average molecular weight is 308 g/mol. The highest BCUT2D eigenvalue weighted by molar-refractivity contribution is 5.45. The molecule has 0 fully saturated rings. The van der Waals surface area contributed by atoms with E-state index in [1.54, 1.807) is 24.5 Å². The molecule has 0 saturated heterocycles. The minimum absolute atomic E-state index is 0.0342. The fourth-order valence-corrected chi connectivity index (χ4v) is 1.98. The molecule has 0 aliphatic carbocycles. The molecule has 0 saturated carbocycles. The van der Waals surface area contributed by atoms with Crippen molar-refractivity contribution in [2.24, 2.45) is 0 Å². The molecule has 0 aromatic carbocycles. The number of rotatable bonds is 3. The minimum atomic E-state index is -4.61. The van der Waals surface area contributed by atoms with Crippen LogP contribution in [0.2, 0.25) is 0 Å². The first-order chi connectivity index (χ1) is 10.4. The van der Waals surface area contributed by atoms with Crippen LogP contribution in [0.25, 0.3) is 5.65 Å². The lowest BCUT2D eigenvalue weighted by Gasteiger charge is -2.14. The van der Waals surface area contributed by atoms with Gasteiger partial charge >= 0.3 is 6.18 Å². The molecule has 3 heterocycles. The zero-order valence-corrected chi connectivity index (χ0v) is 11.4. The second-order valence-corrected chi connectivity index (χ2v) is 4.66. The van der Waals surface area contributed by atoms with E-state index in [1.807, 2.05) is 13.0 Å². The highest BCUT2D eigenvalue weighted by Crippen LogP contribution is 2.27. The maximum absolute atomic E-state index is 12.8. The van der Waals surface area contributed by atoms with Crippen molar-refractivity contribution in [3.05, 3.63) is 48.0 Å². The molecule has 3 aromatic heterocycles. The molecule has 0 aliphatic rings. The predicted octanol–water partition coefficient (Wildman–Crippen LogP) is 2.71. The van der Waals surface area contributed by atoms with E-state index in [9.17, 15) is 13.2 Å². The van der Waals surface area contributed by atoms with Crippen LogP contribution in [0.5, 0.6) is 0 Å². The van der Waals surface area contributed by atoms with Gasteiger partial charge in [-0.2, -0.15) is 17.7 Å². The van der Waals surface area contributed by atoms with Crippen LogP contribution in [0.1, 0.15) is 24.4 Å². The number of anilines is 1. The van der Waals surface area contributed by atoms with Gasteiger partial charge in [0.1, 0.15) is 5.82 Å². The predicted molar refractivity (Wildman–Crippen MR) is 72.1 cm³/mol. The van der Waals surface area contributed by atoms with Gasteiger partial charge in [-0.25, -0.2) is 0 Å². The third-order valence-corrected chi connectivity index (χ3v) is 3.07. The van der Waals surface area contributed by atoms with Gasteiger partial charge in [-0.05, 0) is 30.7 Å². The summed E-state index contributed by atoms with van der Waals surface area (Å²) >= 11 is 0. The molecule has 1 atom stereocenters. The molecule has 0 unspecified atom stereocenters. The van der Waals surface area contributed by atoms with Gasteiger partial charge < -0.3 is 5.32 Å². The first-order valence-corrected chi connectivity index (χ1v) is 6.41. The molecule has 3 aromatic rings. The van der Waals surface area contributed by atoms with Crippen molar-refractivity contribution in [1.82, 2.24) is 24.8 Å². The fraction of sp³-hybridized carbons (Fsp3) is 0.231. The monoisotopic (exact) mass is 308 g/mol. The summed E-state index contributed by atoms with van der Waals surface area (Å²) in [4.78, 5) is 4.00. The highest BCUT2D eigenvalue weighted by Gasteiger charge is 2.37. The first kappa shape index (κ1) is 14.2. The van der Waals surface area contributed by atoms with Gasteiger partial charge in [0.15, 0.2) is 5.65 Å². The molecule has 114 valence electrons. The maximum atomic E-state index is 12.8. The van der Waals surface area contributed by atoms with Gasteiger partial charge in [0.2, 0.25) is 0 Å². The zero-order valence-electron chi connectivity index (χ0n) is 11.4. The molecule has 0 bridgehead atoms. The van der Waals surface area contributed by atoms with Crippen LogP contribution in [-0.4, -0.2) is 24.8 Å². The summed E-state index contributed by atoms with van der Waals surface area (Å²) in [6, 6.07) is 6.46. The Balaban J connectivity index is 1.92. The topological polar surface area (TPSA) is 68.0 Å². The third-order valence-electron chi connectivity index (χ3n) is 3.07. The van der Waals surface area contributed by atoms with E-state index in [2.05, 4.69) is 25.6 Å². The summed E-state index contributed by atoms with van der Waals surface area (Å²) in [5.74, 6) is -0.866. The number of nitrogens with zero attached hydrogens (tertiary/aromatic N) is 5. The number of nitrogens with one attached hydrogen (secondary N) is 1. The number of hydrogen-bond acceptors (Lipinski definition) is 5. The SMILES string of the molecule is C[C@@H](Nc1ccc2nnc(C(F)(F)F)n2n1)c1cccnc1. The first-order valence-electron chi connectivity index (χ1n) is 6.41. The van der Waals surface area contributed by atoms with E-state index in [0.717, 1.165) is 5.56 Å². The minimum Gasteiger partial charge on any atom is -0.362 e. The molecule has 6 nitrogen and oxygen atoms in total. The Hall–Kier alpha value is -2.71. The summed E-state index contributed by atoms with van der Waals surface area (Å²) < 4.78 is 39.1. The lowest BCUT2D eigenvalue weighted by atomic mass is 10.1. The summed E-state index contributed by atoms with van der Waals surface area (Å²) in [6.07, 6.45) is -1.29. The third kappa shape index (κ3) is 2.69. The van der Waals surface area contributed by atoms with Gasteiger partial charge in [-0.3, -0.25) is 4.98 Å². The van der Waals surface area contributed by atoms with E-state index >= 15 is 0 Å². The van der Waals surface area contributed by atoms with Crippen molar-refractivity contribution in [2.45, 2.75) is 19.1 Å². The summed E-state index contributed by atoms with van der Waals surface area (Å²) in [7, 11) is 0. The summed E-state index contributed by atoms with van der Waals surface area (Å²) in [6.45, 7) is 1.86. The van der Waals surface area contributed by atoms with E-state index < -0.39 is 12.0 Å². The molecule has 0 spiro atoms. The van der Waals surface area contributed by atoms with Gasteiger partial charge in [0, 0.05) is 12.4 Å². The average Bonchev–Trinajstić information content (AvgIpc) is 2.91. The van der Waals surface area contributed by atoms with Crippen LogP contribution < -0.4 is 5.32 Å². The second-order valence-electron chi connectivity index (χ2n) is 4.66. The van der Waals surface area contributed by atoms with E-state index in [-0.39, 0.29) is 17.5 Å². The van der Waals surface area contributed by atoms with Gasteiger partial charge in [0.25, 0.3) is 5.82 Å². The van der Waals surface area contributed by atoms with E-state index in [1.165, 1.54) is 6.07 Å². The zero-order chi connectivity index (χ0) is 15.7. The molecule has 0 aliphatic heterocycles. The second kappa shape index (κ2) is 5.24. The standard InChI is InChI=1S/C13H11F3N6/c1-8(9-3-2-6-17-7-9)18-10-4-5-11-19-20-12(13(14,15)16)22(11)21-10/h2-8H,1H3,(H,18,21)/t8-/m1/s1. The Kier molecular flexibility index (Phi) is 3.39. The van der Waals surface area contributed by atoms with Gasteiger partial charge in [0.05, 0.1) is 6.04 Å². The largest absolute Gasteiger partial charge is 0.453 e. The van der Waals surface area contributed by atoms with Crippen molar-refractivity contribution in [3.8, 4) is 0 Å². The Labute approximate surface area is 123 Å². The van der Waals surface area contributed by atoms with Crippen LogP contribution in [0.4, 0.5) is 19.0 Å². The number of hydrogen-bond donors (Lipinski definition) is 1. The number of alkyl halides is 3. The van der Waals surface area contributed by atoms with Crippen LogP contribution in [-0.2, 0) is 6.18 Å². The van der Waals surface area contributed by atoms with Crippen molar-refractivity contribution in [2.75, 3.05) is 5.32 Å². The summed E-state index contributed by atoms with van der Waals surface area (Å²) in [5.41, 5.74) is 0.927. The molecule has 3 rings (SSSR count). The molecular formula is C13H11F3N6. The van der Waals surface area contributed by atoms with E-state index in [0.29, 0.717) is 4.52 Å². The van der Waals surface area contributed by atoms with Crippen LogP contribution in [0.3, 0.4) is 0 Å². The Morgan fingerprint density at radius 1 is 1.18 bits per heavy atom. The van der Waals surface area contributed by atoms with Crippen LogP contribution in [0.15, 0.2) is 36.7 Å². The summed E-state index contributed by atoms with van der Waals surface area (Å²) in [5, 5.41) is 13.5. The Bertz CT molecular complexity index is 783.